The molecule has 10 heteroatoms. The summed E-state index contributed by atoms with van der Waals surface area (Å²) in [5.74, 6) is 2.14. The van der Waals surface area contributed by atoms with Crippen LogP contribution in [-0.4, -0.2) is 49.2 Å². The van der Waals surface area contributed by atoms with Crippen LogP contribution in [0.25, 0.3) is 21.1 Å². The molecule has 1 amide bonds. The van der Waals surface area contributed by atoms with E-state index in [1.165, 1.54) is 11.3 Å². The molecule has 1 heterocycles. The Morgan fingerprint density at radius 1 is 0.857 bits per heavy atom. The van der Waals surface area contributed by atoms with Gasteiger partial charge < -0.3 is 18.9 Å². The number of hydrogen-bond donors (Lipinski definition) is 2. The van der Waals surface area contributed by atoms with E-state index in [4.69, 9.17) is 24.2 Å². The Bertz CT molecular complexity index is 1060. The number of aromatic nitrogens is 2. The molecule has 0 aliphatic rings. The van der Waals surface area contributed by atoms with Gasteiger partial charge in [0.25, 0.3) is 0 Å². The molecule has 2 N–H and O–H groups in total. The van der Waals surface area contributed by atoms with Crippen molar-refractivity contribution in [2.45, 2.75) is 38.5 Å². The van der Waals surface area contributed by atoms with Crippen molar-refractivity contribution in [3.63, 3.8) is 0 Å². The molecule has 0 aliphatic carbocycles. The monoisotopic (exact) mass is 501 g/mol. The van der Waals surface area contributed by atoms with Crippen LogP contribution in [0.2, 0.25) is 0 Å². The largest absolute Gasteiger partial charge is 0.494 e. The molecule has 9 nitrogen and oxygen atoms in total. The summed E-state index contributed by atoms with van der Waals surface area (Å²) in [7, 11) is 4.73. The zero-order valence-corrected chi connectivity index (χ0v) is 21.0. The molecule has 0 saturated heterocycles. The molecule has 0 unspecified atom stereocenters. The van der Waals surface area contributed by atoms with E-state index >= 15 is 0 Å². The predicted molar refractivity (Wildman–Crippen MR) is 134 cm³/mol. The summed E-state index contributed by atoms with van der Waals surface area (Å²) in [6, 6.07) is 11.5. The van der Waals surface area contributed by atoms with Crippen LogP contribution < -0.4 is 24.4 Å². The molecule has 0 spiro atoms. The molecule has 0 saturated carbocycles. The fourth-order valence-corrected chi connectivity index (χ4v) is 4.35. The minimum Gasteiger partial charge on any atom is -0.494 e. The first-order valence-corrected chi connectivity index (χ1v) is 12.2. The van der Waals surface area contributed by atoms with Crippen molar-refractivity contribution in [2.75, 3.05) is 27.9 Å². The van der Waals surface area contributed by atoms with E-state index < -0.39 is 0 Å². The van der Waals surface area contributed by atoms with Crippen LogP contribution in [0.3, 0.4) is 0 Å². The van der Waals surface area contributed by atoms with Gasteiger partial charge in [-0.25, -0.2) is 5.48 Å². The summed E-state index contributed by atoms with van der Waals surface area (Å²) in [6.07, 6.45) is 5.11. The number of amides is 1. The van der Waals surface area contributed by atoms with Gasteiger partial charge >= 0.3 is 0 Å². The van der Waals surface area contributed by atoms with Gasteiger partial charge in [0, 0.05) is 17.5 Å². The second-order valence-corrected chi connectivity index (χ2v) is 8.73. The smallest absolute Gasteiger partial charge is 0.243 e. The average molecular weight is 502 g/mol. The molecule has 0 radical (unpaired) electrons. The number of ether oxygens (including phenoxy) is 4. The molecule has 0 atom stereocenters. The molecular weight excluding hydrogens is 470 g/mol. The van der Waals surface area contributed by atoms with Crippen LogP contribution >= 0.6 is 11.3 Å². The Kier molecular flexibility index (Phi) is 10.1. The third-order valence-electron chi connectivity index (χ3n) is 5.38. The van der Waals surface area contributed by atoms with Crippen molar-refractivity contribution in [1.29, 1.82) is 0 Å². The van der Waals surface area contributed by atoms with Gasteiger partial charge in [-0.2, -0.15) is 0 Å². The van der Waals surface area contributed by atoms with Crippen molar-refractivity contribution in [3.8, 4) is 44.1 Å². The topological polar surface area (TPSA) is 112 Å². The summed E-state index contributed by atoms with van der Waals surface area (Å²) in [6.45, 7) is 0.639. The summed E-state index contributed by atoms with van der Waals surface area (Å²) in [5.41, 5.74) is 3.44. The zero-order valence-electron chi connectivity index (χ0n) is 20.2. The number of carbonyl (C=O) groups is 1. The number of rotatable bonds is 14. The number of hydroxylamine groups is 1. The van der Waals surface area contributed by atoms with E-state index in [1.54, 1.807) is 26.8 Å². The van der Waals surface area contributed by atoms with Crippen molar-refractivity contribution >= 4 is 17.2 Å². The van der Waals surface area contributed by atoms with Gasteiger partial charge in [-0.1, -0.05) is 30.6 Å². The minimum atomic E-state index is -0.331. The average Bonchev–Trinajstić information content (AvgIpc) is 3.39. The maximum absolute atomic E-state index is 11.0. The molecule has 35 heavy (non-hydrogen) atoms. The maximum atomic E-state index is 11.0. The molecule has 3 aromatic rings. The number of carbonyl (C=O) groups excluding carboxylic acids is 1. The predicted octanol–water partition coefficient (Wildman–Crippen LogP) is 5.12. The number of nitrogens with one attached hydrogen (secondary N) is 1. The van der Waals surface area contributed by atoms with E-state index in [0.717, 1.165) is 59.0 Å². The normalized spacial score (nSPS) is 10.6. The number of nitrogens with zero attached hydrogens (tertiary/aromatic N) is 2. The Labute approximate surface area is 209 Å². The minimum absolute atomic E-state index is 0.331. The molecule has 2 aromatic carbocycles. The third-order valence-corrected chi connectivity index (χ3v) is 6.40. The number of hydrogen-bond acceptors (Lipinski definition) is 9. The molecule has 0 bridgehead atoms. The molecule has 3 rings (SSSR count). The molecule has 0 fully saturated rings. The standard InChI is InChI=1S/C25H31N3O6S/c1-31-20-15-18(16-21(32-2)23(20)33-3)25-27-26-24(35-25)17-10-12-19(13-11-17)34-14-8-6-4-5-7-9-22(29)28-30/h10-13,15-16,30H,4-9,14H2,1-3H3,(H,28,29). The lowest BCUT2D eigenvalue weighted by molar-refractivity contribution is -0.129. The fourth-order valence-electron chi connectivity index (χ4n) is 3.52. The number of benzene rings is 2. The van der Waals surface area contributed by atoms with Crippen LogP contribution in [-0.2, 0) is 4.79 Å². The highest BCUT2D eigenvalue weighted by Gasteiger charge is 2.17. The number of methoxy groups -OCH3 is 3. The Morgan fingerprint density at radius 3 is 2.06 bits per heavy atom. The molecule has 188 valence electrons. The second kappa shape index (κ2) is 13.5. The highest BCUT2D eigenvalue weighted by Crippen LogP contribution is 2.42. The van der Waals surface area contributed by atoms with E-state index in [1.807, 2.05) is 36.4 Å². The Hall–Kier alpha value is -3.37. The Balaban J connectivity index is 1.52. The lowest BCUT2D eigenvalue weighted by atomic mass is 10.1. The van der Waals surface area contributed by atoms with Crippen LogP contribution in [0.5, 0.6) is 23.0 Å². The van der Waals surface area contributed by atoms with Crippen LogP contribution in [0.15, 0.2) is 36.4 Å². The third kappa shape index (κ3) is 7.30. The van der Waals surface area contributed by atoms with Gasteiger partial charge in [0.05, 0.1) is 27.9 Å². The first-order chi connectivity index (χ1) is 17.1. The molecule has 0 aliphatic heterocycles. The summed E-state index contributed by atoms with van der Waals surface area (Å²) >= 11 is 1.48. The van der Waals surface area contributed by atoms with Crippen molar-refractivity contribution < 1.29 is 28.9 Å². The van der Waals surface area contributed by atoms with Crippen molar-refractivity contribution in [3.05, 3.63) is 36.4 Å². The van der Waals surface area contributed by atoms with Gasteiger partial charge in [-0.05, 0) is 49.2 Å². The van der Waals surface area contributed by atoms with E-state index in [0.29, 0.717) is 30.3 Å². The number of unbranched alkanes of at least 4 members (excludes halogenated alkanes) is 4. The van der Waals surface area contributed by atoms with Crippen LogP contribution in [0.1, 0.15) is 38.5 Å². The van der Waals surface area contributed by atoms with Crippen molar-refractivity contribution in [2.24, 2.45) is 0 Å². The summed E-state index contributed by atoms with van der Waals surface area (Å²) in [5, 5.41) is 18.7. The van der Waals surface area contributed by atoms with Gasteiger partial charge in [0.2, 0.25) is 11.7 Å². The summed E-state index contributed by atoms with van der Waals surface area (Å²) < 4.78 is 22.1. The lowest BCUT2D eigenvalue weighted by Crippen LogP contribution is -2.17. The van der Waals surface area contributed by atoms with Crippen molar-refractivity contribution in [1.82, 2.24) is 15.7 Å². The van der Waals surface area contributed by atoms with Crippen LogP contribution in [0, 0.1) is 0 Å². The fraction of sp³-hybridized carbons (Fsp3) is 0.400. The first-order valence-electron chi connectivity index (χ1n) is 11.4. The Morgan fingerprint density at radius 2 is 1.46 bits per heavy atom. The van der Waals surface area contributed by atoms with Gasteiger partial charge in [-0.15, -0.1) is 10.2 Å². The quantitative estimate of drug-likeness (QED) is 0.178. The van der Waals surface area contributed by atoms with E-state index in [2.05, 4.69) is 10.2 Å². The highest BCUT2D eigenvalue weighted by atomic mass is 32.1. The maximum Gasteiger partial charge on any atom is 0.243 e. The highest BCUT2D eigenvalue weighted by molar-refractivity contribution is 7.17. The van der Waals surface area contributed by atoms with Gasteiger partial charge in [0.15, 0.2) is 11.5 Å². The first kappa shape index (κ1) is 26.2. The zero-order chi connectivity index (χ0) is 25.0. The molecule has 1 aromatic heterocycles. The molecular formula is C25H31N3O6S. The SMILES string of the molecule is COc1cc(-c2nnc(-c3ccc(OCCCCCCCC(=O)NO)cc3)s2)cc(OC)c1OC. The van der Waals surface area contributed by atoms with Crippen LogP contribution in [0.4, 0.5) is 0 Å². The lowest BCUT2D eigenvalue weighted by Gasteiger charge is -2.13. The van der Waals surface area contributed by atoms with E-state index in [9.17, 15) is 4.79 Å². The summed E-state index contributed by atoms with van der Waals surface area (Å²) in [4.78, 5) is 11.0. The van der Waals surface area contributed by atoms with Gasteiger partial charge in [0.1, 0.15) is 15.8 Å². The second-order valence-electron chi connectivity index (χ2n) is 7.75. The van der Waals surface area contributed by atoms with Gasteiger partial charge in [-0.3, -0.25) is 10.0 Å². The van der Waals surface area contributed by atoms with E-state index in [-0.39, 0.29) is 5.91 Å².